The number of aliphatic hydroxyl groups excluding tert-OH is 2. The lowest BCUT2D eigenvalue weighted by atomic mass is 9.76. The molecule has 2 aliphatic carbocycles. The number of para-hydroxylation sites is 1. The van der Waals surface area contributed by atoms with E-state index in [-0.39, 0.29) is 46.8 Å². The number of nitrogens with one attached hydrogen (secondary N) is 3. The monoisotopic (exact) mass is 990 g/mol. The molecule has 10 heteroatoms. The number of benzene rings is 1. The molecule has 3 aromatic rings. The third kappa shape index (κ3) is 18.1. The lowest BCUT2D eigenvalue weighted by molar-refractivity contribution is -0.127. The average Bonchev–Trinajstić information content (AvgIpc) is 4.02. The zero-order valence-electron chi connectivity index (χ0n) is 45.2. The van der Waals surface area contributed by atoms with Gasteiger partial charge >= 0.3 is 0 Å². The maximum absolute atomic E-state index is 13.1. The van der Waals surface area contributed by atoms with Gasteiger partial charge in [0, 0.05) is 58.7 Å². The molecule has 1 aromatic carbocycles. The number of allylic oxidation sites excluding steroid dienone is 14. The summed E-state index contributed by atoms with van der Waals surface area (Å²) in [6.45, 7) is 22.2. The Labute approximate surface area is 431 Å². The summed E-state index contributed by atoms with van der Waals surface area (Å²) in [5.74, 6) is -0.511. The first kappa shape index (κ1) is 58.4. The standard InChI is InChI=1S/C33H46N2O3.C28H41NO3S/c1-22(2)11-9-12-23(3)13-10-14-24(4)17-18-27-25(5)31(36)33(38-6)30(32(27)37)34-20-19-26-21-35-29-16-8-7-15-28(26)29;1-19(2)10-7-11-20(3)12-8-13-21(4)15-16-24-22(5)26(30)28(32-6)25(27(24)31)29-18-23-14-9-17-33-23/h7-8,11,13,15-17,21,25,27,32,34-35,37H,9-10,12,14,18-20H2,1-6H3;9-10,12,14-15,17,22,24,27,29,31H,7-8,11,13,16,18H2,1-6H3/b23-13+,24-17+;20-12+,21-15+/t25-,27-,32-;22-,24-,27-/m00/s1. The predicted molar refractivity (Wildman–Crippen MR) is 297 cm³/mol. The van der Waals surface area contributed by atoms with Crippen LogP contribution in [-0.2, 0) is 32.0 Å². The highest BCUT2D eigenvalue weighted by atomic mass is 32.1. The highest BCUT2D eigenvalue weighted by Gasteiger charge is 2.42. The predicted octanol–water partition coefficient (Wildman–Crippen LogP) is 13.9. The second kappa shape index (κ2) is 30.0. The summed E-state index contributed by atoms with van der Waals surface area (Å²) in [5, 5.41) is 32.3. The number of aliphatic hydroxyl groups is 2. The van der Waals surface area contributed by atoms with Crippen molar-refractivity contribution < 1.29 is 29.3 Å². The Kier molecular flexibility index (Phi) is 24.7. The molecule has 5 N–H and O–H groups in total. The van der Waals surface area contributed by atoms with Crippen molar-refractivity contribution in [3.8, 4) is 0 Å². The number of thiophene rings is 1. The van der Waals surface area contributed by atoms with Crippen LogP contribution in [0.4, 0.5) is 0 Å². The number of carbonyl (C=O) groups is 2. The van der Waals surface area contributed by atoms with Gasteiger partial charge in [0.1, 0.15) is 12.2 Å². The van der Waals surface area contributed by atoms with Crippen LogP contribution in [0.25, 0.3) is 10.9 Å². The molecule has 6 atom stereocenters. The first-order chi connectivity index (χ1) is 34.0. The first-order valence-corrected chi connectivity index (χ1v) is 26.8. The van der Waals surface area contributed by atoms with Crippen LogP contribution in [0, 0.1) is 23.7 Å². The normalized spacial score (nSPS) is 21.3. The Bertz CT molecular complexity index is 2430. The minimum atomic E-state index is -0.776. The van der Waals surface area contributed by atoms with Crippen molar-refractivity contribution in [3.63, 3.8) is 0 Å². The largest absolute Gasteiger partial charge is 0.491 e. The number of hydrogen-bond acceptors (Lipinski definition) is 9. The molecule has 0 spiro atoms. The van der Waals surface area contributed by atoms with Gasteiger partial charge in [-0.1, -0.05) is 108 Å². The highest BCUT2D eigenvalue weighted by molar-refractivity contribution is 7.09. The van der Waals surface area contributed by atoms with E-state index in [1.165, 1.54) is 58.6 Å². The van der Waals surface area contributed by atoms with Crippen molar-refractivity contribution in [3.05, 3.63) is 151 Å². The van der Waals surface area contributed by atoms with E-state index in [0.717, 1.165) is 68.2 Å². The number of ketones is 2. The molecule has 0 fully saturated rings. The van der Waals surface area contributed by atoms with Crippen LogP contribution in [0.15, 0.2) is 141 Å². The van der Waals surface area contributed by atoms with Crippen molar-refractivity contribution in [2.24, 2.45) is 23.7 Å². The summed E-state index contributed by atoms with van der Waals surface area (Å²) in [6, 6.07) is 12.2. The van der Waals surface area contributed by atoms with Gasteiger partial charge in [0.15, 0.2) is 11.5 Å². The Morgan fingerprint density at radius 3 is 1.56 bits per heavy atom. The lowest BCUT2D eigenvalue weighted by Crippen LogP contribution is -2.44. The molecule has 2 aromatic heterocycles. The molecule has 5 rings (SSSR count). The Morgan fingerprint density at radius 1 is 0.634 bits per heavy atom. The molecule has 9 nitrogen and oxygen atoms in total. The van der Waals surface area contributed by atoms with Crippen LogP contribution >= 0.6 is 11.3 Å². The zero-order valence-corrected chi connectivity index (χ0v) is 46.0. The second-order valence-corrected chi connectivity index (χ2v) is 21.3. The van der Waals surface area contributed by atoms with E-state index in [2.05, 4.69) is 120 Å². The quantitative estimate of drug-likeness (QED) is 0.0530. The molecule has 0 unspecified atom stereocenters. The lowest BCUT2D eigenvalue weighted by Gasteiger charge is -2.35. The van der Waals surface area contributed by atoms with Crippen molar-refractivity contribution >= 4 is 33.8 Å². The number of carbonyl (C=O) groups excluding carboxylic acids is 2. The smallest absolute Gasteiger partial charge is 0.202 e. The number of Topliss-reactive ketones (excluding diaryl/α,β-unsaturated/α-hetero) is 2. The molecule has 0 amide bonds. The van der Waals surface area contributed by atoms with Crippen LogP contribution in [0.5, 0.6) is 0 Å². The molecule has 0 radical (unpaired) electrons. The van der Waals surface area contributed by atoms with Crippen LogP contribution in [-0.4, -0.2) is 59.7 Å². The first-order valence-electron chi connectivity index (χ1n) is 25.9. The molecular weight excluding hydrogens is 903 g/mol. The van der Waals surface area contributed by atoms with Crippen molar-refractivity contribution in [2.75, 3.05) is 20.8 Å². The number of H-pyrrole nitrogens is 1. The fourth-order valence-corrected chi connectivity index (χ4v) is 10.0. The summed E-state index contributed by atoms with van der Waals surface area (Å²) in [7, 11) is 3.01. The minimum Gasteiger partial charge on any atom is -0.491 e. The molecular formula is C61H87N3O6S. The van der Waals surface area contributed by atoms with Crippen LogP contribution in [0.2, 0.25) is 0 Å². The summed E-state index contributed by atoms with van der Waals surface area (Å²) in [4.78, 5) is 30.5. The maximum atomic E-state index is 13.1. The van der Waals surface area contributed by atoms with Gasteiger partial charge in [0.05, 0.1) is 25.6 Å². The molecule has 2 heterocycles. The van der Waals surface area contributed by atoms with E-state index in [1.54, 1.807) is 11.3 Å². The highest BCUT2D eigenvalue weighted by Crippen LogP contribution is 2.36. The van der Waals surface area contributed by atoms with E-state index >= 15 is 0 Å². The number of fused-ring (bicyclic) bond motifs is 1. The number of hydrogen-bond donors (Lipinski definition) is 5. The van der Waals surface area contributed by atoms with E-state index < -0.39 is 12.2 Å². The van der Waals surface area contributed by atoms with Gasteiger partial charge in [-0.05, 0) is 149 Å². The maximum Gasteiger partial charge on any atom is 0.202 e. The number of rotatable bonds is 25. The van der Waals surface area contributed by atoms with Crippen LogP contribution < -0.4 is 10.6 Å². The summed E-state index contributed by atoms with van der Waals surface area (Å²) < 4.78 is 10.9. The van der Waals surface area contributed by atoms with Gasteiger partial charge in [-0.3, -0.25) is 9.59 Å². The van der Waals surface area contributed by atoms with Gasteiger partial charge in [0.25, 0.3) is 0 Å². The summed E-state index contributed by atoms with van der Waals surface area (Å²) in [6.07, 6.45) is 24.7. The molecule has 0 saturated carbocycles. The van der Waals surface area contributed by atoms with E-state index in [4.69, 9.17) is 9.47 Å². The van der Waals surface area contributed by atoms with E-state index in [0.29, 0.717) is 37.3 Å². The van der Waals surface area contributed by atoms with Gasteiger partial charge in [-0.2, -0.15) is 0 Å². The fourth-order valence-electron chi connectivity index (χ4n) is 9.39. The second-order valence-electron chi connectivity index (χ2n) is 20.3. The van der Waals surface area contributed by atoms with E-state index in [9.17, 15) is 19.8 Å². The number of ether oxygens (including phenoxy) is 2. The van der Waals surface area contributed by atoms with Crippen molar-refractivity contribution in [1.82, 2.24) is 15.6 Å². The number of aromatic amines is 1. The molecule has 0 saturated heterocycles. The van der Waals surface area contributed by atoms with Gasteiger partial charge in [-0.15, -0.1) is 11.3 Å². The van der Waals surface area contributed by atoms with Crippen molar-refractivity contribution in [2.45, 2.75) is 159 Å². The summed E-state index contributed by atoms with van der Waals surface area (Å²) >= 11 is 1.64. The third-order valence-electron chi connectivity index (χ3n) is 14.0. The molecule has 388 valence electrons. The molecule has 2 aliphatic rings. The van der Waals surface area contributed by atoms with Gasteiger partial charge in [-0.25, -0.2) is 0 Å². The molecule has 0 aliphatic heterocycles. The Hall–Kier alpha value is -5.16. The Balaban J connectivity index is 0.000000312. The van der Waals surface area contributed by atoms with Gasteiger partial charge in [0.2, 0.25) is 11.6 Å². The van der Waals surface area contributed by atoms with Crippen LogP contribution in [0.1, 0.15) is 144 Å². The fraction of sp³-hybridized carbons (Fsp3) is 0.508. The van der Waals surface area contributed by atoms with Crippen LogP contribution in [0.3, 0.4) is 0 Å². The Morgan fingerprint density at radius 2 is 1.10 bits per heavy atom. The SMILES string of the molecule is COC1=C(NCCc2c[nH]c3ccccc23)[C@@H](O)[C@@H](C/C=C(\C)CC/C=C(\C)CCC=C(C)C)[C@H](C)C1=O.COC1=C(NCc2cccs2)[C@@H](O)[C@@H](C/C=C(\C)CC/C=C(\C)CCC=C(C)C)[C@H](C)C1=O. The minimum absolute atomic E-state index is 0.0394. The van der Waals surface area contributed by atoms with Gasteiger partial charge < -0.3 is 35.3 Å². The van der Waals surface area contributed by atoms with E-state index in [1.807, 2.05) is 49.7 Å². The molecule has 0 bridgehead atoms. The topological polar surface area (TPSA) is 133 Å². The number of aromatic nitrogens is 1. The third-order valence-corrected chi connectivity index (χ3v) is 14.9. The summed E-state index contributed by atoms with van der Waals surface area (Å²) in [5.41, 5.74) is 11.5. The molecule has 71 heavy (non-hydrogen) atoms. The zero-order chi connectivity index (χ0) is 52.0. The average molecular weight is 990 g/mol. The number of methoxy groups -OCH3 is 2. The van der Waals surface area contributed by atoms with Crippen molar-refractivity contribution in [1.29, 1.82) is 0 Å².